The zero-order chi connectivity index (χ0) is 25.2. The van der Waals surface area contributed by atoms with Gasteiger partial charge in [-0.1, -0.05) is 43.3 Å². The Morgan fingerprint density at radius 3 is 2.33 bits per heavy atom. The minimum atomic E-state index is -0.752. The van der Waals surface area contributed by atoms with E-state index in [1.807, 2.05) is 13.0 Å². The summed E-state index contributed by atoms with van der Waals surface area (Å²) in [6, 6.07) is 17.2. The normalized spacial score (nSPS) is 21.4. The first-order chi connectivity index (χ1) is 17.4. The van der Waals surface area contributed by atoms with Crippen molar-refractivity contribution in [1.29, 1.82) is 0 Å². The van der Waals surface area contributed by atoms with Crippen molar-refractivity contribution in [2.24, 2.45) is 5.92 Å². The minimum absolute atomic E-state index is 0.0344. The first-order valence-electron chi connectivity index (χ1n) is 11.2. The number of nitrogens with zero attached hydrogens (tertiary/aromatic N) is 4. The van der Waals surface area contributed by atoms with Gasteiger partial charge in [0, 0.05) is 5.92 Å². The lowest BCUT2D eigenvalue weighted by molar-refractivity contribution is -0.0567. The van der Waals surface area contributed by atoms with Crippen LogP contribution in [0.1, 0.15) is 33.9 Å². The van der Waals surface area contributed by atoms with Crippen LogP contribution in [-0.4, -0.2) is 50.3 Å². The minimum Gasteiger partial charge on any atom is -0.459 e. The SMILES string of the molecule is C[C@H]1C(OC(=O)c2ccccc2)[C@@H](COC(=O)c2ccccc2)O[C@H]1n1cnc2c(N)nc(Cl)nc21. The number of hydrogen-bond donors (Lipinski definition) is 1. The van der Waals surface area contributed by atoms with Crippen molar-refractivity contribution in [1.82, 2.24) is 19.5 Å². The van der Waals surface area contributed by atoms with Crippen molar-refractivity contribution in [3.8, 4) is 0 Å². The molecule has 184 valence electrons. The van der Waals surface area contributed by atoms with Crippen LogP contribution in [0.5, 0.6) is 0 Å². The van der Waals surface area contributed by atoms with Gasteiger partial charge >= 0.3 is 11.9 Å². The van der Waals surface area contributed by atoms with E-state index >= 15 is 0 Å². The lowest BCUT2D eigenvalue weighted by atomic mass is 10.0. The molecule has 0 aliphatic carbocycles. The Bertz CT molecular complexity index is 1400. The number of benzene rings is 2. The smallest absolute Gasteiger partial charge is 0.338 e. The second-order valence-electron chi connectivity index (χ2n) is 8.33. The third kappa shape index (κ3) is 4.60. The second kappa shape index (κ2) is 9.92. The van der Waals surface area contributed by atoms with E-state index in [2.05, 4.69) is 15.0 Å². The molecule has 1 unspecified atom stereocenters. The molecule has 4 aromatic rings. The van der Waals surface area contributed by atoms with Crippen LogP contribution in [0.15, 0.2) is 67.0 Å². The largest absolute Gasteiger partial charge is 0.459 e. The molecule has 0 bridgehead atoms. The molecule has 3 heterocycles. The van der Waals surface area contributed by atoms with Gasteiger partial charge in [0.1, 0.15) is 30.6 Å². The van der Waals surface area contributed by atoms with E-state index in [9.17, 15) is 9.59 Å². The van der Waals surface area contributed by atoms with E-state index in [1.165, 1.54) is 6.33 Å². The molecule has 10 nitrogen and oxygen atoms in total. The fraction of sp³-hybridized carbons (Fsp3) is 0.240. The third-order valence-corrected chi connectivity index (χ3v) is 6.15. The molecule has 1 aliphatic rings. The van der Waals surface area contributed by atoms with E-state index in [4.69, 9.17) is 31.5 Å². The number of carbonyl (C=O) groups is 2. The van der Waals surface area contributed by atoms with Crippen LogP contribution < -0.4 is 5.73 Å². The molecular weight excluding hydrogens is 486 g/mol. The van der Waals surface area contributed by atoms with Crippen molar-refractivity contribution < 1.29 is 23.8 Å². The van der Waals surface area contributed by atoms with Gasteiger partial charge in [0.05, 0.1) is 17.5 Å². The zero-order valence-corrected chi connectivity index (χ0v) is 19.9. The Hall–Kier alpha value is -4.02. The number of rotatable bonds is 6. The lowest BCUT2D eigenvalue weighted by Crippen LogP contribution is -2.35. The molecule has 1 saturated heterocycles. The summed E-state index contributed by atoms with van der Waals surface area (Å²) >= 11 is 6.02. The molecule has 1 fully saturated rings. The molecule has 2 aromatic carbocycles. The van der Waals surface area contributed by atoms with Crippen LogP contribution in [0.3, 0.4) is 0 Å². The predicted octanol–water partition coefficient (Wildman–Crippen LogP) is 3.68. The summed E-state index contributed by atoms with van der Waals surface area (Å²) in [5, 5.41) is -0.0344. The van der Waals surface area contributed by atoms with E-state index < -0.39 is 30.4 Å². The van der Waals surface area contributed by atoms with Crippen LogP contribution in [0.2, 0.25) is 5.28 Å². The van der Waals surface area contributed by atoms with E-state index in [0.717, 1.165) is 0 Å². The number of hydrogen-bond acceptors (Lipinski definition) is 9. The topological polar surface area (TPSA) is 131 Å². The summed E-state index contributed by atoms with van der Waals surface area (Å²) in [7, 11) is 0. The number of fused-ring (bicyclic) bond motifs is 1. The number of ether oxygens (including phenoxy) is 3. The van der Waals surface area contributed by atoms with E-state index in [-0.39, 0.29) is 23.6 Å². The summed E-state index contributed by atoms with van der Waals surface area (Å²) in [4.78, 5) is 37.9. The molecule has 0 spiro atoms. The fourth-order valence-electron chi connectivity index (χ4n) is 4.20. The highest BCUT2D eigenvalue weighted by molar-refractivity contribution is 6.28. The maximum absolute atomic E-state index is 12.9. The fourth-order valence-corrected chi connectivity index (χ4v) is 4.37. The Labute approximate surface area is 211 Å². The number of imidazole rings is 1. The Balaban J connectivity index is 1.42. The van der Waals surface area contributed by atoms with Gasteiger partial charge < -0.3 is 19.9 Å². The van der Waals surface area contributed by atoms with Gasteiger partial charge in [-0.15, -0.1) is 0 Å². The highest BCUT2D eigenvalue weighted by Crippen LogP contribution is 2.39. The second-order valence-corrected chi connectivity index (χ2v) is 8.66. The summed E-state index contributed by atoms with van der Waals surface area (Å²) < 4.78 is 19.3. The highest BCUT2D eigenvalue weighted by atomic mass is 35.5. The Kier molecular flexibility index (Phi) is 6.53. The molecule has 0 radical (unpaired) electrons. The molecule has 0 amide bonds. The first-order valence-corrected chi connectivity index (χ1v) is 11.6. The monoisotopic (exact) mass is 507 g/mol. The summed E-state index contributed by atoms with van der Waals surface area (Å²) in [6.07, 6.45) is -0.632. The van der Waals surface area contributed by atoms with Gasteiger partial charge in [0.2, 0.25) is 5.28 Å². The number of aromatic nitrogens is 4. The van der Waals surface area contributed by atoms with Crippen molar-refractivity contribution in [3.63, 3.8) is 0 Å². The zero-order valence-electron chi connectivity index (χ0n) is 19.2. The van der Waals surface area contributed by atoms with Crippen molar-refractivity contribution in [2.75, 3.05) is 12.3 Å². The van der Waals surface area contributed by atoms with Crippen LogP contribution in [0.25, 0.3) is 11.2 Å². The van der Waals surface area contributed by atoms with Crippen molar-refractivity contribution in [2.45, 2.75) is 25.4 Å². The van der Waals surface area contributed by atoms with Crippen LogP contribution >= 0.6 is 11.6 Å². The molecule has 2 aromatic heterocycles. The van der Waals surface area contributed by atoms with Gasteiger partial charge in [-0.25, -0.2) is 14.6 Å². The maximum atomic E-state index is 12.9. The summed E-state index contributed by atoms with van der Waals surface area (Å²) in [5.41, 5.74) is 7.49. The van der Waals surface area contributed by atoms with Crippen molar-refractivity contribution >= 4 is 40.5 Å². The predicted molar refractivity (Wildman–Crippen MR) is 130 cm³/mol. The van der Waals surface area contributed by atoms with Gasteiger partial charge in [-0.2, -0.15) is 9.97 Å². The molecular formula is C25H22ClN5O5. The average molecular weight is 508 g/mol. The average Bonchev–Trinajstić information content (AvgIpc) is 3.44. The molecule has 11 heteroatoms. The molecule has 5 rings (SSSR count). The highest BCUT2D eigenvalue weighted by Gasteiger charge is 2.46. The lowest BCUT2D eigenvalue weighted by Gasteiger charge is -2.21. The quantitative estimate of drug-likeness (QED) is 0.306. The molecule has 1 aliphatic heterocycles. The van der Waals surface area contributed by atoms with Gasteiger partial charge in [-0.3, -0.25) is 4.57 Å². The third-order valence-electron chi connectivity index (χ3n) is 5.98. The summed E-state index contributed by atoms with van der Waals surface area (Å²) in [6.45, 7) is 1.73. The number of nitrogens with two attached hydrogens (primary N) is 1. The van der Waals surface area contributed by atoms with E-state index in [1.54, 1.807) is 59.2 Å². The van der Waals surface area contributed by atoms with Gasteiger partial charge in [-0.05, 0) is 35.9 Å². The van der Waals surface area contributed by atoms with Crippen LogP contribution in [0.4, 0.5) is 5.82 Å². The Morgan fingerprint density at radius 2 is 1.67 bits per heavy atom. The Morgan fingerprint density at radius 1 is 1.03 bits per heavy atom. The molecule has 36 heavy (non-hydrogen) atoms. The van der Waals surface area contributed by atoms with Crippen LogP contribution in [-0.2, 0) is 14.2 Å². The molecule has 2 N–H and O–H groups in total. The van der Waals surface area contributed by atoms with Gasteiger partial charge in [0.15, 0.2) is 11.5 Å². The first kappa shape index (κ1) is 23.7. The molecule has 0 saturated carbocycles. The number of nitrogen functional groups attached to an aromatic ring is 1. The number of anilines is 1. The maximum Gasteiger partial charge on any atom is 0.338 e. The number of esters is 2. The summed E-state index contributed by atoms with van der Waals surface area (Å²) in [5.74, 6) is -1.26. The standard InChI is InChI=1S/C25H22ClN5O5/c1-14-19(36-24(33)16-10-6-3-7-11-16)17(12-34-23(32)15-8-4-2-5-9-15)35-22(14)31-13-28-18-20(27)29-25(26)30-21(18)31/h2-11,13-14,17,19,22H,12H2,1H3,(H2,27,29,30)/t14-,17+,19?,22+/m0/s1. The van der Waals surface area contributed by atoms with Gasteiger partial charge in [0.25, 0.3) is 0 Å². The number of halogens is 1. The van der Waals surface area contributed by atoms with E-state index in [0.29, 0.717) is 22.3 Å². The van der Waals surface area contributed by atoms with Crippen LogP contribution in [0, 0.1) is 5.92 Å². The van der Waals surface area contributed by atoms with Crippen molar-refractivity contribution in [3.05, 3.63) is 83.4 Å². The molecule has 4 atom stereocenters. The number of carbonyl (C=O) groups excluding carboxylic acids is 2.